The highest BCUT2D eigenvalue weighted by atomic mass is 16.2. The first-order valence-corrected chi connectivity index (χ1v) is 10.8. The smallest absolute Gasteiger partial charge is 0.266 e. The number of hydrogen-bond acceptors (Lipinski definition) is 3. The molecule has 4 rings (SSSR count). The zero-order valence-electron chi connectivity index (χ0n) is 19.2. The summed E-state index contributed by atoms with van der Waals surface area (Å²) in [5.74, 6) is -0.582. The van der Waals surface area contributed by atoms with Gasteiger partial charge in [-0.25, -0.2) is 0 Å². The number of fused-ring (bicyclic) bond motifs is 1. The Kier molecular flexibility index (Phi) is 6.28. The number of nitrogens with zero attached hydrogens (tertiary/aromatic N) is 2. The van der Waals surface area contributed by atoms with E-state index >= 15 is 0 Å². The van der Waals surface area contributed by atoms with Crippen molar-refractivity contribution >= 4 is 40.0 Å². The van der Waals surface area contributed by atoms with E-state index in [9.17, 15) is 14.9 Å². The number of carbonyl (C=O) groups excluding carboxylic acids is 2. The van der Waals surface area contributed by atoms with Crippen molar-refractivity contribution in [2.75, 3.05) is 10.6 Å². The van der Waals surface area contributed by atoms with Crippen molar-refractivity contribution in [3.8, 4) is 11.8 Å². The van der Waals surface area contributed by atoms with Crippen LogP contribution in [0.15, 0.2) is 78.4 Å². The number of aryl methyl sites for hydroxylation is 1. The Morgan fingerprint density at radius 3 is 2.24 bits per heavy atom. The highest BCUT2D eigenvalue weighted by Crippen LogP contribution is 2.25. The molecule has 3 aromatic carbocycles. The van der Waals surface area contributed by atoms with Gasteiger partial charge in [0, 0.05) is 35.4 Å². The lowest BCUT2D eigenvalue weighted by atomic mass is 10.1. The van der Waals surface area contributed by atoms with Crippen LogP contribution < -0.4 is 10.6 Å². The molecule has 0 saturated heterocycles. The van der Waals surface area contributed by atoms with E-state index in [4.69, 9.17) is 0 Å². The van der Waals surface area contributed by atoms with E-state index in [1.165, 1.54) is 6.92 Å². The van der Waals surface area contributed by atoms with E-state index in [1.807, 2.05) is 97.3 Å². The SMILES string of the molecule is CC(=O)Nc1ccc(-n2c(C)cc(/C=C(/C#N)C(=O)Nc3ccc4ccccc4c3)c2C)cc1. The summed E-state index contributed by atoms with van der Waals surface area (Å²) in [6.45, 7) is 5.37. The second kappa shape index (κ2) is 9.47. The van der Waals surface area contributed by atoms with Gasteiger partial charge in [0.25, 0.3) is 5.91 Å². The molecule has 0 fully saturated rings. The molecule has 0 aliphatic carbocycles. The van der Waals surface area contributed by atoms with E-state index < -0.39 is 5.91 Å². The molecule has 168 valence electrons. The Balaban J connectivity index is 1.60. The van der Waals surface area contributed by atoms with Crippen molar-refractivity contribution in [1.29, 1.82) is 5.26 Å². The number of nitriles is 1. The van der Waals surface area contributed by atoms with E-state index in [1.54, 1.807) is 6.08 Å². The van der Waals surface area contributed by atoms with Gasteiger partial charge in [0.05, 0.1) is 0 Å². The Morgan fingerprint density at radius 2 is 1.56 bits per heavy atom. The van der Waals surface area contributed by atoms with E-state index in [-0.39, 0.29) is 11.5 Å². The summed E-state index contributed by atoms with van der Waals surface area (Å²) in [5, 5.41) is 17.3. The van der Waals surface area contributed by atoms with Crippen LogP contribution in [0.3, 0.4) is 0 Å². The van der Waals surface area contributed by atoms with Crippen LogP contribution in [0.4, 0.5) is 11.4 Å². The van der Waals surface area contributed by atoms with Crippen molar-refractivity contribution in [1.82, 2.24) is 4.57 Å². The molecule has 34 heavy (non-hydrogen) atoms. The fourth-order valence-electron chi connectivity index (χ4n) is 4.00. The topological polar surface area (TPSA) is 86.9 Å². The molecule has 0 atom stereocenters. The van der Waals surface area contributed by atoms with Gasteiger partial charge in [-0.1, -0.05) is 30.3 Å². The predicted molar refractivity (Wildman–Crippen MR) is 136 cm³/mol. The summed E-state index contributed by atoms with van der Waals surface area (Å²) in [5.41, 5.74) is 4.94. The van der Waals surface area contributed by atoms with E-state index in [2.05, 4.69) is 10.6 Å². The van der Waals surface area contributed by atoms with Gasteiger partial charge in [-0.15, -0.1) is 0 Å². The van der Waals surface area contributed by atoms with Crippen LogP contribution >= 0.6 is 0 Å². The summed E-state index contributed by atoms with van der Waals surface area (Å²) < 4.78 is 2.04. The maximum Gasteiger partial charge on any atom is 0.266 e. The molecule has 2 N–H and O–H groups in total. The average molecular weight is 449 g/mol. The molecule has 1 aromatic heterocycles. The summed E-state index contributed by atoms with van der Waals surface area (Å²) in [4.78, 5) is 24.1. The van der Waals surface area contributed by atoms with E-state index in [0.29, 0.717) is 5.69 Å². The van der Waals surface area contributed by atoms with Gasteiger partial charge in [0.2, 0.25) is 5.91 Å². The molecule has 0 radical (unpaired) electrons. The Labute approximate surface area is 198 Å². The molecule has 0 saturated carbocycles. The van der Waals surface area contributed by atoms with Crippen LogP contribution in [0, 0.1) is 25.2 Å². The number of hydrogen-bond donors (Lipinski definition) is 2. The van der Waals surface area contributed by atoms with Gasteiger partial charge in [0.1, 0.15) is 11.6 Å². The zero-order valence-corrected chi connectivity index (χ0v) is 19.2. The number of carbonyl (C=O) groups is 2. The lowest BCUT2D eigenvalue weighted by molar-refractivity contribution is -0.114. The fraction of sp³-hybridized carbons (Fsp3) is 0.107. The lowest BCUT2D eigenvalue weighted by Gasteiger charge is -2.11. The Hall–Kier alpha value is -4.63. The minimum Gasteiger partial charge on any atom is -0.326 e. The Bertz CT molecular complexity index is 1470. The third kappa shape index (κ3) is 4.74. The second-order valence-corrected chi connectivity index (χ2v) is 8.08. The van der Waals surface area contributed by atoms with Crippen LogP contribution in [-0.2, 0) is 9.59 Å². The summed E-state index contributed by atoms with van der Waals surface area (Å²) in [6, 6.07) is 25.0. The van der Waals surface area contributed by atoms with Crippen LogP contribution in [0.2, 0.25) is 0 Å². The molecular formula is C28H24N4O2. The van der Waals surface area contributed by atoms with Gasteiger partial charge in [0.15, 0.2) is 0 Å². The molecule has 1 heterocycles. The van der Waals surface area contributed by atoms with Crippen molar-refractivity contribution in [3.63, 3.8) is 0 Å². The van der Waals surface area contributed by atoms with Crippen LogP contribution in [0.1, 0.15) is 23.9 Å². The van der Waals surface area contributed by atoms with Crippen LogP contribution in [-0.4, -0.2) is 16.4 Å². The maximum absolute atomic E-state index is 12.8. The van der Waals surface area contributed by atoms with Crippen molar-refractivity contribution in [2.45, 2.75) is 20.8 Å². The molecular weight excluding hydrogens is 424 g/mol. The standard InChI is InChI=1S/C28H24N4O2/c1-18-14-23(19(2)32(18)27-12-10-25(11-13-27)30-20(3)33)15-24(17-29)28(34)31-26-9-8-21-6-4-5-7-22(21)16-26/h4-16H,1-3H3,(H,30,33)(H,31,34)/b24-15-. The molecule has 0 aliphatic rings. The normalized spacial score (nSPS) is 11.2. The monoisotopic (exact) mass is 448 g/mol. The maximum atomic E-state index is 12.8. The van der Waals surface area contributed by atoms with E-state index in [0.717, 1.165) is 39.1 Å². The predicted octanol–water partition coefficient (Wildman–Crippen LogP) is 5.75. The molecule has 6 heteroatoms. The van der Waals surface area contributed by atoms with Gasteiger partial charge in [-0.3, -0.25) is 9.59 Å². The van der Waals surface area contributed by atoms with Crippen molar-refractivity contribution in [3.05, 3.63) is 95.3 Å². The van der Waals surface area contributed by atoms with Crippen LogP contribution in [0.5, 0.6) is 0 Å². The van der Waals surface area contributed by atoms with Gasteiger partial charge >= 0.3 is 0 Å². The third-order valence-corrected chi connectivity index (χ3v) is 5.59. The second-order valence-electron chi connectivity index (χ2n) is 8.08. The summed E-state index contributed by atoms with van der Waals surface area (Å²) in [6.07, 6.45) is 1.61. The number of nitrogens with one attached hydrogen (secondary N) is 2. The van der Waals surface area contributed by atoms with Crippen LogP contribution in [0.25, 0.3) is 22.5 Å². The van der Waals surface area contributed by atoms with Crippen molar-refractivity contribution < 1.29 is 9.59 Å². The lowest BCUT2D eigenvalue weighted by Crippen LogP contribution is -2.13. The molecule has 2 amide bonds. The zero-order chi connectivity index (χ0) is 24.2. The molecule has 0 spiro atoms. The van der Waals surface area contributed by atoms with Gasteiger partial charge < -0.3 is 15.2 Å². The minimum atomic E-state index is -0.456. The molecule has 0 bridgehead atoms. The average Bonchev–Trinajstić information content (AvgIpc) is 3.10. The molecule has 6 nitrogen and oxygen atoms in total. The first-order valence-electron chi connectivity index (χ1n) is 10.8. The third-order valence-electron chi connectivity index (χ3n) is 5.59. The highest BCUT2D eigenvalue weighted by Gasteiger charge is 2.14. The number of benzene rings is 3. The van der Waals surface area contributed by atoms with Crippen molar-refractivity contribution in [2.24, 2.45) is 0 Å². The van der Waals surface area contributed by atoms with Gasteiger partial charge in [-0.2, -0.15) is 5.26 Å². The molecule has 0 unspecified atom stereocenters. The largest absolute Gasteiger partial charge is 0.326 e. The summed E-state index contributed by atoms with van der Waals surface area (Å²) >= 11 is 0. The Morgan fingerprint density at radius 1 is 0.882 bits per heavy atom. The number of rotatable bonds is 5. The first kappa shape index (κ1) is 22.6. The number of aromatic nitrogens is 1. The van der Waals surface area contributed by atoms with Gasteiger partial charge in [-0.05, 0) is 78.7 Å². The number of amides is 2. The number of anilines is 2. The fourth-order valence-corrected chi connectivity index (χ4v) is 4.00. The minimum absolute atomic E-state index is 0.0226. The molecule has 4 aromatic rings. The quantitative estimate of drug-likeness (QED) is 0.301. The highest BCUT2D eigenvalue weighted by molar-refractivity contribution is 6.10. The molecule has 0 aliphatic heterocycles. The first-order chi connectivity index (χ1) is 16.4. The summed E-state index contributed by atoms with van der Waals surface area (Å²) in [7, 11) is 0.